The van der Waals surface area contributed by atoms with Crippen molar-refractivity contribution in [2.75, 3.05) is 19.6 Å². The molecule has 32 heavy (non-hydrogen) atoms. The monoisotopic (exact) mass is 452 g/mol. The van der Waals surface area contributed by atoms with Gasteiger partial charge in [0.15, 0.2) is 0 Å². The van der Waals surface area contributed by atoms with Gasteiger partial charge in [-0.25, -0.2) is 0 Å². The highest BCUT2D eigenvalue weighted by Gasteiger charge is 2.13. The highest BCUT2D eigenvalue weighted by molar-refractivity contribution is 4.67. The van der Waals surface area contributed by atoms with Crippen molar-refractivity contribution in [2.45, 2.75) is 169 Å². The lowest BCUT2D eigenvalue weighted by Crippen LogP contribution is -2.33. The Labute approximate surface area is 205 Å². The largest absolute Gasteiger partial charge is 0.303 e. The molecule has 1 heteroatoms. The van der Waals surface area contributed by atoms with Gasteiger partial charge in [-0.15, -0.1) is 0 Å². The van der Waals surface area contributed by atoms with E-state index < -0.39 is 0 Å². The fourth-order valence-corrected chi connectivity index (χ4v) is 5.13. The Morgan fingerprint density at radius 1 is 0.406 bits per heavy atom. The minimum Gasteiger partial charge on any atom is -0.303 e. The van der Waals surface area contributed by atoms with Gasteiger partial charge in [0.1, 0.15) is 0 Å². The summed E-state index contributed by atoms with van der Waals surface area (Å²) in [5.74, 6) is 1.73. The zero-order valence-corrected chi connectivity index (χ0v) is 23.6. The molecule has 2 unspecified atom stereocenters. The maximum Gasteiger partial charge on any atom is 0.000713 e. The Balaban J connectivity index is 3.86. The van der Waals surface area contributed by atoms with Gasteiger partial charge in [0.2, 0.25) is 0 Å². The summed E-state index contributed by atoms with van der Waals surface area (Å²) in [4.78, 5) is 2.82. The molecule has 0 aliphatic rings. The third-order valence-corrected chi connectivity index (χ3v) is 7.32. The molecule has 0 aromatic carbocycles. The zero-order valence-electron chi connectivity index (χ0n) is 23.6. The van der Waals surface area contributed by atoms with Gasteiger partial charge in [-0.05, 0) is 37.6 Å². The molecule has 0 saturated heterocycles. The lowest BCUT2D eigenvalue weighted by molar-refractivity contribution is 0.194. The van der Waals surface area contributed by atoms with E-state index in [1.165, 1.54) is 154 Å². The van der Waals surface area contributed by atoms with Crippen LogP contribution in [0, 0.1) is 11.8 Å². The van der Waals surface area contributed by atoms with Crippen molar-refractivity contribution in [3.05, 3.63) is 0 Å². The predicted molar refractivity (Wildman–Crippen MR) is 149 cm³/mol. The van der Waals surface area contributed by atoms with E-state index in [0.717, 1.165) is 11.8 Å². The molecule has 194 valence electrons. The van der Waals surface area contributed by atoms with Crippen molar-refractivity contribution in [1.29, 1.82) is 0 Å². The van der Waals surface area contributed by atoms with Crippen LogP contribution in [0.25, 0.3) is 0 Å². The van der Waals surface area contributed by atoms with Gasteiger partial charge in [0.05, 0.1) is 0 Å². The number of unbranched alkanes of at least 4 members (excludes halogenated alkanes) is 16. The Bertz CT molecular complexity index is 339. The molecule has 0 amide bonds. The van der Waals surface area contributed by atoms with Crippen molar-refractivity contribution >= 4 is 0 Å². The predicted octanol–water partition coefficient (Wildman–Crippen LogP) is 10.8. The highest BCUT2D eigenvalue weighted by Crippen LogP contribution is 2.18. The molecular formula is C31H65N. The molecule has 0 bridgehead atoms. The summed E-state index contributed by atoms with van der Waals surface area (Å²) in [7, 11) is 0. The van der Waals surface area contributed by atoms with Crippen molar-refractivity contribution in [3.63, 3.8) is 0 Å². The van der Waals surface area contributed by atoms with E-state index in [4.69, 9.17) is 0 Å². The van der Waals surface area contributed by atoms with Crippen LogP contribution < -0.4 is 0 Å². The second kappa shape index (κ2) is 25.6. The maximum atomic E-state index is 2.82. The molecule has 0 aromatic rings. The third-order valence-electron chi connectivity index (χ3n) is 7.32. The second-order valence-electron chi connectivity index (χ2n) is 11.2. The van der Waals surface area contributed by atoms with Crippen molar-refractivity contribution < 1.29 is 0 Å². The third kappa shape index (κ3) is 23.1. The number of hydrogen-bond acceptors (Lipinski definition) is 1. The molecule has 1 nitrogen and oxygen atoms in total. The smallest absolute Gasteiger partial charge is 0.000713 e. The Morgan fingerprint density at radius 2 is 0.719 bits per heavy atom. The van der Waals surface area contributed by atoms with Gasteiger partial charge < -0.3 is 4.90 Å². The van der Waals surface area contributed by atoms with E-state index in [2.05, 4.69) is 39.5 Å². The van der Waals surface area contributed by atoms with E-state index in [1.807, 2.05) is 0 Å². The van der Waals surface area contributed by atoms with E-state index in [0.29, 0.717) is 0 Å². The molecule has 0 heterocycles. The normalized spacial score (nSPS) is 13.7. The van der Waals surface area contributed by atoms with Crippen LogP contribution >= 0.6 is 0 Å². The maximum absolute atomic E-state index is 2.82. The summed E-state index contributed by atoms with van der Waals surface area (Å²) in [6.07, 6.45) is 30.2. The molecule has 0 fully saturated rings. The molecule has 0 saturated carbocycles. The lowest BCUT2D eigenvalue weighted by atomic mass is 9.98. The van der Waals surface area contributed by atoms with Crippen LogP contribution in [0.1, 0.15) is 169 Å². The van der Waals surface area contributed by atoms with Gasteiger partial charge in [0.25, 0.3) is 0 Å². The summed E-state index contributed by atoms with van der Waals surface area (Å²) < 4.78 is 0. The SMILES string of the molecule is CCCCCCCCCCCC(C)CN(CCCC)CC(C)CCCCCCCCCC. The van der Waals surface area contributed by atoms with E-state index in [-0.39, 0.29) is 0 Å². The summed E-state index contributed by atoms with van der Waals surface area (Å²) in [5, 5.41) is 0. The molecule has 0 spiro atoms. The van der Waals surface area contributed by atoms with Gasteiger partial charge in [-0.1, -0.05) is 150 Å². The molecule has 0 radical (unpaired) electrons. The van der Waals surface area contributed by atoms with Crippen LogP contribution in [0.5, 0.6) is 0 Å². The van der Waals surface area contributed by atoms with E-state index in [9.17, 15) is 0 Å². The molecule has 0 aliphatic carbocycles. The molecule has 2 atom stereocenters. The number of rotatable bonds is 26. The minimum atomic E-state index is 0.867. The van der Waals surface area contributed by atoms with Crippen LogP contribution in [0.4, 0.5) is 0 Å². The average Bonchev–Trinajstić information content (AvgIpc) is 2.78. The van der Waals surface area contributed by atoms with Gasteiger partial charge in [-0.2, -0.15) is 0 Å². The van der Waals surface area contributed by atoms with Crippen LogP contribution in [0.15, 0.2) is 0 Å². The summed E-state index contributed by atoms with van der Waals surface area (Å²) in [6.45, 7) is 16.0. The topological polar surface area (TPSA) is 3.24 Å². The average molecular weight is 452 g/mol. The highest BCUT2D eigenvalue weighted by atomic mass is 15.1. The van der Waals surface area contributed by atoms with Crippen LogP contribution in [0.2, 0.25) is 0 Å². The standard InChI is InChI=1S/C31H65N/c1-6-9-12-14-16-18-20-22-24-26-31(5)29-32(27-11-8-3)28-30(4)25-23-21-19-17-15-13-10-7-2/h30-31H,6-29H2,1-5H3. The van der Waals surface area contributed by atoms with Gasteiger partial charge in [-0.3, -0.25) is 0 Å². The summed E-state index contributed by atoms with van der Waals surface area (Å²) in [6, 6.07) is 0. The van der Waals surface area contributed by atoms with E-state index in [1.54, 1.807) is 0 Å². The minimum absolute atomic E-state index is 0.867. The van der Waals surface area contributed by atoms with Gasteiger partial charge >= 0.3 is 0 Å². The lowest BCUT2D eigenvalue weighted by Gasteiger charge is -2.28. The van der Waals surface area contributed by atoms with Crippen molar-refractivity contribution in [2.24, 2.45) is 11.8 Å². The van der Waals surface area contributed by atoms with Crippen LogP contribution in [-0.4, -0.2) is 24.5 Å². The van der Waals surface area contributed by atoms with Crippen molar-refractivity contribution in [3.8, 4) is 0 Å². The first kappa shape index (κ1) is 32.0. The molecule has 0 aromatic heterocycles. The van der Waals surface area contributed by atoms with E-state index >= 15 is 0 Å². The molecule has 0 N–H and O–H groups in total. The van der Waals surface area contributed by atoms with Gasteiger partial charge in [0, 0.05) is 13.1 Å². The first-order valence-corrected chi connectivity index (χ1v) is 15.4. The second-order valence-corrected chi connectivity index (χ2v) is 11.2. The first-order valence-electron chi connectivity index (χ1n) is 15.4. The number of hydrogen-bond donors (Lipinski definition) is 0. The summed E-state index contributed by atoms with van der Waals surface area (Å²) in [5.41, 5.74) is 0. The summed E-state index contributed by atoms with van der Waals surface area (Å²) >= 11 is 0. The molecular weight excluding hydrogens is 386 g/mol. The van der Waals surface area contributed by atoms with Crippen molar-refractivity contribution in [1.82, 2.24) is 4.90 Å². The fourth-order valence-electron chi connectivity index (χ4n) is 5.13. The van der Waals surface area contributed by atoms with Crippen LogP contribution in [0.3, 0.4) is 0 Å². The Hall–Kier alpha value is -0.0400. The van der Waals surface area contributed by atoms with Crippen LogP contribution in [-0.2, 0) is 0 Å². The zero-order chi connectivity index (χ0) is 23.7. The fraction of sp³-hybridized carbons (Fsp3) is 1.00. The quantitative estimate of drug-likeness (QED) is 0.118. The Morgan fingerprint density at radius 3 is 1.06 bits per heavy atom. The molecule has 0 rings (SSSR count). The molecule has 0 aliphatic heterocycles. The number of nitrogens with zero attached hydrogens (tertiary/aromatic N) is 1. The first-order chi connectivity index (χ1) is 15.6. The Kier molecular flexibility index (Phi) is 25.5.